The summed E-state index contributed by atoms with van der Waals surface area (Å²) in [6.07, 6.45) is 1.42. The van der Waals surface area contributed by atoms with Gasteiger partial charge in [-0.2, -0.15) is 0 Å². The number of benzene rings is 4. The summed E-state index contributed by atoms with van der Waals surface area (Å²) >= 11 is 0. The average molecular weight is 479 g/mol. The molecule has 5 rings (SSSR count). The van der Waals surface area contributed by atoms with Crippen LogP contribution in [0.3, 0.4) is 0 Å². The molecule has 0 saturated heterocycles. The maximum Gasteiger partial charge on any atom is 0.264 e. The molecule has 0 unspecified atom stereocenters. The topological polar surface area (TPSA) is 83.6 Å². The fraction of sp³-hybridized carbons (Fsp3) is 0.120. The first kappa shape index (κ1) is 21.5. The number of anilines is 2. The number of hydrogen-bond donors (Lipinski definition) is 1. The highest BCUT2D eigenvalue weighted by atomic mass is 32.2. The molecule has 1 aliphatic heterocycles. The Morgan fingerprint density at radius 1 is 0.758 bits per heavy atom. The lowest BCUT2D eigenvalue weighted by atomic mass is 10.0. The predicted octanol–water partition coefficient (Wildman–Crippen LogP) is 4.78. The van der Waals surface area contributed by atoms with Crippen molar-refractivity contribution >= 4 is 42.2 Å². The van der Waals surface area contributed by atoms with Crippen LogP contribution in [0.25, 0.3) is 10.8 Å². The molecule has 6 nitrogen and oxygen atoms in total. The van der Waals surface area contributed by atoms with Crippen molar-refractivity contribution in [3.8, 4) is 0 Å². The number of rotatable bonds is 5. The van der Waals surface area contributed by atoms with Crippen molar-refractivity contribution in [1.82, 2.24) is 0 Å². The number of sulfonamides is 2. The fourth-order valence-electron chi connectivity index (χ4n) is 4.21. The Morgan fingerprint density at radius 2 is 1.48 bits per heavy atom. The molecule has 0 radical (unpaired) electrons. The number of aryl methyl sites for hydroxylation is 1. The molecule has 0 spiro atoms. The third-order valence-electron chi connectivity index (χ3n) is 5.78. The van der Waals surface area contributed by atoms with Gasteiger partial charge in [0.15, 0.2) is 0 Å². The Bertz CT molecular complexity index is 1540. The molecule has 0 saturated carbocycles. The molecule has 0 aromatic heterocycles. The summed E-state index contributed by atoms with van der Waals surface area (Å²) in [6, 6.07) is 25.8. The van der Waals surface area contributed by atoms with Crippen LogP contribution in [-0.2, 0) is 26.5 Å². The van der Waals surface area contributed by atoms with Crippen molar-refractivity contribution in [2.24, 2.45) is 0 Å². The highest BCUT2D eigenvalue weighted by Crippen LogP contribution is 2.35. The molecule has 1 heterocycles. The van der Waals surface area contributed by atoms with Gasteiger partial charge in [0, 0.05) is 11.9 Å². The first-order chi connectivity index (χ1) is 15.9. The molecule has 8 heteroatoms. The second-order valence-electron chi connectivity index (χ2n) is 7.92. The van der Waals surface area contributed by atoms with Gasteiger partial charge in [-0.1, -0.05) is 60.7 Å². The first-order valence-electron chi connectivity index (χ1n) is 10.6. The molecule has 0 atom stereocenters. The Kier molecular flexibility index (Phi) is 5.34. The van der Waals surface area contributed by atoms with Crippen molar-refractivity contribution < 1.29 is 16.8 Å². The van der Waals surface area contributed by atoms with Crippen LogP contribution in [0.4, 0.5) is 11.4 Å². The second-order valence-corrected chi connectivity index (χ2v) is 11.4. The number of nitrogens with zero attached hydrogens (tertiary/aromatic N) is 1. The summed E-state index contributed by atoms with van der Waals surface area (Å²) < 4.78 is 57.1. The Balaban J connectivity index is 1.54. The largest absolute Gasteiger partial charge is 0.280 e. The minimum Gasteiger partial charge on any atom is -0.280 e. The van der Waals surface area contributed by atoms with Crippen molar-refractivity contribution in [2.45, 2.75) is 22.6 Å². The Morgan fingerprint density at radius 3 is 2.30 bits per heavy atom. The van der Waals surface area contributed by atoms with Crippen molar-refractivity contribution in [3.05, 3.63) is 96.6 Å². The minimum atomic E-state index is -3.89. The lowest BCUT2D eigenvalue weighted by molar-refractivity contribution is 0.586. The summed E-state index contributed by atoms with van der Waals surface area (Å²) in [4.78, 5) is 0.381. The molecule has 4 aromatic rings. The van der Waals surface area contributed by atoms with Crippen LogP contribution in [0, 0.1) is 0 Å². The minimum absolute atomic E-state index is 0.173. The van der Waals surface area contributed by atoms with Crippen LogP contribution in [0.15, 0.2) is 101 Å². The smallest absolute Gasteiger partial charge is 0.264 e. The van der Waals surface area contributed by atoms with E-state index in [4.69, 9.17) is 0 Å². The van der Waals surface area contributed by atoms with Gasteiger partial charge in [-0.15, -0.1) is 0 Å². The molecule has 33 heavy (non-hydrogen) atoms. The molecular formula is C25H22N2O4S2. The van der Waals surface area contributed by atoms with Gasteiger partial charge in [0.05, 0.1) is 21.2 Å². The molecule has 168 valence electrons. The van der Waals surface area contributed by atoms with Gasteiger partial charge < -0.3 is 0 Å². The van der Waals surface area contributed by atoms with Crippen LogP contribution < -0.4 is 9.03 Å². The second kappa shape index (κ2) is 8.20. The molecule has 4 aromatic carbocycles. The van der Waals surface area contributed by atoms with Gasteiger partial charge in [0.1, 0.15) is 0 Å². The predicted molar refractivity (Wildman–Crippen MR) is 130 cm³/mol. The van der Waals surface area contributed by atoms with Crippen LogP contribution in [0.1, 0.15) is 12.0 Å². The number of nitrogens with one attached hydrogen (secondary N) is 1. The lowest BCUT2D eigenvalue weighted by Crippen LogP contribution is -2.35. The SMILES string of the molecule is O=S(=O)(Nc1ccc2c(c1)N(S(=O)(=O)c1ccccc1)CCC2)c1cccc2ccccc12. The Labute approximate surface area is 193 Å². The summed E-state index contributed by atoms with van der Waals surface area (Å²) in [5.41, 5.74) is 1.69. The zero-order valence-electron chi connectivity index (χ0n) is 17.7. The molecule has 0 amide bonds. The van der Waals surface area contributed by atoms with E-state index in [0.29, 0.717) is 29.7 Å². The molecule has 1 aliphatic rings. The van der Waals surface area contributed by atoms with E-state index in [-0.39, 0.29) is 9.79 Å². The van der Waals surface area contributed by atoms with E-state index in [1.807, 2.05) is 18.2 Å². The molecular weight excluding hydrogens is 456 g/mol. The standard InChI is InChI=1S/C25H22N2O4S2/c28-32(29,25-14-6-9-19-8-4-5-13-23(19)25)26-21-16-15-20-10-7-17-27(24(20)18-21)33(30,31)22-11-2-1-3-12-22/h1-6,8-9,11-16,18,26H,7,10,17H2. The van der Waals surface area contributed by atoms with Crippen molar-refractivity contribution in [1.29, 1.82) is 0 Å². The summed E-state index contributed by atoms with van der Waals surface area (Å²) in [5.74, 6) is 0. The van der Waals surface area contributed by atoms with Gasteiger partial charge in [0.2, 0.25) is 0 Å². The van der Waals surface area contributed by atoms with Crippen LogP contribution in [-0.4, -0.2) is 23.4 Å². The van der Waals surface area contributed by atoms with Crippen molar-refractivity contribution in [3.63, 3.8) is 0 Å². The zero-order valence-corrected chi connectivity index (χ0v) is 19.3. The average Bonchev–Trinajstić information content (AvgIpc) is 2.83. The van der Waals surface area contributed by atoms with E-state index in [2.05, 4.69) is 4.72 Å². The van der Waals surface area contributed by atoms with E-state index in [9.17, 15) is 16.8 Å². The van der Waals surface area contributed by atoms with Crippen LogP contribution in [0.5, 0.6) is 0 Å². The maximum atomic E-state index is 13.3. The summed E-state index contributed by atoms with van der Waals surface area (Å²) in [7, 11) is -7.65. The van der Waals surface area contributed by atoms with Gasteiger partial charge in [-0.05, 0) is 54.1 Å². The fourth-order valence-corrected chi connectivity index (χ4v) is 7.05. The van der Waals surface area contributed by atoms with Crippen LogP contribution in [0.2, 0.25) is 0 Å². The van der Waals surface area contributed by atoms with Gasteiger partial charge >= 0.3 is 0 Å². The first-order valence-corrected chi connectivity index (χ1v) is 13.5. The van der Waals surface area contributed by atoms with E-state index in [0.717, 1.165) is 17.4 Å². The molecule has 0 bridgehead atoms. The van der Waals surface area contributed by atoms with E-state index in [1.54, 1.807) is 72.8 Å². The highest BCUT2D eigenvalue weighted by molar-refractivity contribution is 7.93. The quantitative estimate of drug-likeness (QED) is 0.447. The monoisotopic (exact) mass is 478 g/mol. The highest BCUT2D eigenvalue weighted by Gasteiger charge is 2.29. The summed E-state index contributed by atoms with van der Waals surface area (Å²) in [5, 5.41) is 1.45. The normalized spacial score (nSPS) is 14.1. The molecule has 0 fully saturated rings. The third-order valence-corrected chi connectivity index (χ3v) is 9.05. The number of hydrogen-bond acceptors (Lipinski definition) is 4. The zero-order chi connectivity index (χ0) is 23.1. The van der Waals surface area contributed by atoms with Gasteiger partial charge in [-0.3, -0.25) is 9.03 Å². The van der Waals surface area contributed by atoms with E-state index >= 15 is 0 Å². The van der Waals surface area contributed by atoms with Gasteiger partial charge in [0.25, 0.3) is 20.0 Å². The lowest BCUT2D eigenvalue weighted by Gasteiger charge is -2.31. The maximum absolute atomic E-state index is 13.3. The van der Waals surface area contributed by atoms with E-state index in [1.165, 1.54) is 4.31 Å². The van der Waals surface area contributed by atoms with Crippen molar-refractivity contribution in [2.75, 3.05) is 15.6 Å². The van der Waals surface area contributed by atoms with Crippen LogP contribution >= 0.6 is 0 Å². The molecule has 1 N–H and O–H groups in total. The van der Waals surface area contributed by atoms with Gasteiger partial charge in [-0.25, -0.2) is 16.8 Å². The third kappa shape index (κ3) is 3.96. The Hall–Kier alpha value is -3.36. The van der Waals surface area contributed by atoms with E-state index < -0.39 is 20.0 Å². The summed E-state index contributed by atoms with van der Waals surface area (Å²) in [6.45, 7) is 0.337. The molecule has 0 aliphatic carbocycles. The number of fused-ring (bicyclic) bond motifs is 2.